The van der Waals surface area contributed by atoms with Crippen molar-refractivity contribution in [3.8, 4) is 40.1 Å². The molecule has 654 valence electrons. The second-order valence-electron chi connectivity index (χ2n) is 35.2. The van der Waals surface area contributed by atoms with E-state index in [2.05, 4.69) is 36.0 Å². The highest BCUT2D eigenvalue weighted by Gasteiger charge is 2.33. The number of allylic oxidation sites excluding steroid dienone is 2. The number of nitrogens with zero attached hydrogens (tertiary/aromatic N) is 11. The Morgan fingerprint density at radius 1 is 0.390 bits per heavy atom. The third kappa shape index (κ3) is 24.2. The molecule has 0 saturated heterocycles. The number of fused-ring (bicyclic) bond motifs is 4. The van der Waals surface area contributed by atoms with Crippen molar-refractivity contribution in [2.75, 3.05) is 71.2 Å². The average molecular weight is 1690 g/mol. The normalized spacial score (nSPS) is 15.0. The van der Waals surface area contributed by atoms with E-state index in [1.165, 1.54) is 19.5 Å². The molecule has 6 unspecified atom stereocenters. The maximum atomic E-state index is 14.0. The van der Waals surface area contributed by atoms with E-state index in [9.17, 15) is 54.9 Å². The fraction of sp³-hybridized carbons (Fsp3) is 0.446. The predicted octanol–water partition coefficient (Wildman–Crippen LogP) is 11.4. The van der Waals surface area contributed by atoms with Crippen LogP contribution in [0.4, 0.5) is 5.69 Å². The molecule has 6 atom stereocenters. The monoisotopic (exact) mass is 1690 g/mol. The van der Waals surface area contributed by atoms with E-state index in [4.69, 9.17) is 43.0 Å². The molecular formula is C92H112N12O19. The molecular weight excluding hydrogens is 1580 g/mol. The number of aromatic nitrogens is 9. The van der Waals surface area contributed by atoms with E-state index in [-0.39, 0.29) is 140 Å². The van der Waals surface area contributed by atoms with Crippen LogP contribution in [0.1, 0.15) is 160 Å². The number of carbonyl (C=O) groups is 4. The van der Waals surface area contributed by atoms with Crippen LogP contribution in [0, 0.1) is 0 Å². The van der Waals surface area contributed by atoms with Crippen LogP contribution in [0.15, 0.2) is 151 Å². The van der Waals surface area contributed by atoms with Crippen molar-refractivity contribution in [1.29, 1.82) is 0 Å². The quantitative estimate of drug-likeness (QED) is 0.0101. The van der Waals surface area contributed by atoms with Crippen molar-refractivity contribution in [3.05, 3.63) is 190 Å². The zero-order chi connectivity index (χ0) is 88.1. The van der Waals surface area contributed by atoms with Crippen LogP contribution < -0.4 is 10.5 Å². The van der Waals surface area contributed by atoms with Gasteiger partial charge in [0.05, 0.1) is 64.6 Å². The topological polar surface area (TPSA) is 403 Å². The third-order valence-electron chi connectivity index (χ3n) is 20.7. The molecule has 0 radical (unpaired) electrons. The number of aliphatic hydroxyl groups is 3. The molecule has 12 rings (SSSR count). The first-order valence-electron chi connectivity index (χ1n) is 41.5. The number of carbonyl (C=O) groups excluding carboxylic acids is 4. The SMILES string of the molecule is CC(C)(C)c1cc(CCC(=O)OC(CCOCC(O)COCC(COCC(O)COC(=O)CCc2cc(-n3nc4ccccc4n3)c(O)c(C(C)(C)C)c2)OC(=O)CCc2cc(-n3nc4ccccc4n3)c(O)c(C(C)(C)C)c2)COCC(O)COC(=O)CCc2cc(-n3nc4ccccc4n3)c(O)c(C(C)(C)C)c2)cc(N2N=C3C=CC=CC3N2)c1O. The number of aryl methyl sites for hydroxylation is 4. The number of hydrogen-bond donors (Lipinski definition) is 8. The average Bonchev–Trinajstić information content (AvgIpc) is 1.72. The zero-order valence-corrected chi connectivity index (χ0v) is 71.7. The molecule has 0 amide bonds. The van der Waals surface area contributed by atoms with E-state index in [0.717, 1.165) is 22.4 Å². The number of aromatic hydroxyl groups is 4. The van der Waals surface area contributed by atoms with Gasteiger partial charge in [0.15, 0.2) is 0 Å². The maximum absolute atomic E-state index is 14.0. The first kappa shape index (κ1) is 90.7. The first-order valence-corrected chi connectivity index (χ1v) is 41.5. The maximum Gasteiger partial charge on any atom is 0.306 e. The van der Waals surface area contributed by atoms with E-state index in [1.807, 2.05) is 204 Å². The largest absolute Gasteiger partial charge is 0.505 e. The number of esters is 4. The summed E-state index contributed by atoms with van der Waals surface area (Å²) in [6.45, 7) is 20.6. The Morgan fingerprint density at radius 2 is 0.699 bits per heavy atom. The number of phenols is 4. The van der Waals surface area contributed by atoms with Gasteiger partial charge in [-0.3, -0.25) is 19.2 Å². The molecule has 0 spiro atoms. The fourth-order valence-corrected chi connectivity index (χ4v) is 14.1. The van der Waals surface area contributed by atoms with Gasteiger partial charge < -0.3 is 73.6 Å². The van der Waals surface area contributed by atoms with Crippen LogP contribution in [-0.4, -0.2) is 213 Å². The lowest BCUT2D eigenvalue weighted by molar-refractivity contribution is -0.159. The number of hydrazine groups is 1. The molecule has 10 aromatic rings. The van der Waals surface area contributed by atoms with Crippen molar-refractivity contribution in [1.82, 2.24) is 50.4 Å². The fourth-order valence-electron chi connectivity index (χ4n) is 14.1. The Balaban J connectivity index is 0.663. The van der Waals surface area contributed by atoms with Crippen LogP contribution in [0.25, 0.3) is 50.2 Å². The smallest absolute Gasteiger partial charge is 0.306 e. The van der Waals surface area contributed by atoms with Crippen molar-refractivity contribution >= 4 is 68.4 Å². The minimum atomic E-state index is -1.31. The molecule has 3 aromatic heterocycles. The molecule has 0 saturated carbocycles. The van der Waals surface area contributed by atoms with E-state index in [1.54, 1.807) is 24.3 Å². The van der Waals surface area contributed by atoms with Gasteiger partial charge in [-0.25, -0.2) is 0 Å². The zero-order valence-electron chi connectivity index (χ0n) is 71.7. The number of benzene rings is 7. The number of rotatable bonds is 39. The van der Waals surface area contributed by atoms with Gasteiger partial charge in [0.2, 0.25) is 0 Å². The van der Waals surface area contributed by atoms with Gasteiger partial charge in [-0.2, -0.15) is 15.6 Å². The molecule has 31 heteroatoms. The number of ether oxygens (including phenoxy) is 8. The van der Waals surface area contributed by atoms with Gasteiger partial charge >= 0.3 is 23.9 Å². The second kappa shape index (κ2) is 39.7. The number of hydrogen-bond acceptors (Lipinski definition) is 28. The molecule has 31 nitrogen and oxygen atoms in total. The van der Waals surface area contributed by atoms with Crippen molar-refractivity contribution in [3.63, 3.8) is 0 Å². The number of nitrogens with one attached hydrogen (secondary N) is 1. The predicted molar refractivity (Wildman–Crippen MR) is 460 cm³/mol. The molecule has 4 heterocycles. The van der Waals surface area contributed by atoms with Gasteiger partial charge in [-0.1, -0.05) is 162 Å². The Kier molecular flexibility index (Phi) is 29.3. The lowest BCUT2D eigenvalue weighted by atomic mass is 9.84. The molecule has 1 aliphatic heterocycles. The summed E-state index contributed by atoms with van der Waals surface area (Å²) in [4.78, 5) is 58.6. The van der Waals surface area contributed by atoms with E-state index in [0.29, 0.717) is 83.7 Å². The Morgan fingerprint density at radius 3 is 1.05 bits per heavy atom. The second-order valence-corrected chi connectivity index (χ2v) is 35.2. The van der Waals surface area contributed by atoms with Gasteiger partial charge in [0.1, 0.15) is 123 Å². The van der Waals surface area contributed by atoms with Crippen LogP contribution in [0.2, 0.25) is 0 Å². The van der Waals surface area contributed by atoms with Crippen LogP contribution in [-0.2, 0) is 104 Å². The summed E-state index contributed by atoms with van der Waals surface area (Å²) < 4.78 is 46.8. The summed E-state index contributed by atoms with van der Waals surface area (Å²) >= 11 is 0. The van der Waals surface area contributed by atoms with Gasteiger partial charge in [0.25, 0.3) is 0 Å². The minimum absolute atomic E-state index is 0.0124. The number of hydrazone groups is 1. The third-order valence-corrected chi connectivity index (χ3v) is 20.7. The Hall–Kier alpha value is -11.6. The Bertz CT molecular complexity index is 5390. The number of phenolic OH excluding ortho intramolecular Hbond substituents is 4. The lowest BCUT2D eigenvalue weighted by Crippen LogP contribution is -2.37. The van der Waals surface area contributed by atoms with Crippen LogP contribution in [0.3, 0.4) is 0 Å². The lowest BCUT2D eigenvalue weighted by Gasteiger charge is -2.26. The first-order chi connectivity index (χ1) is 58.5. The standard InChI is InChI=1S/C92H112N12O19/c1-89(2,3)65-39-56(43-77(85(65)112)101-93-69-21-13-14-22-70(69)94-101)29-33-81(108)120-51-61(106)49-117-53-63(122-83(110)35-31-58-41-67(91(7,8)9)87(114)79(45-58)103-97-73-25-17-18-26-74(73)98-103)37-38-116-47-60(105)48-118-54-64(123-84(111)36-32-59-42-68(92(10,11)12)88(115)80(46-59)104-99-75-27-19-20-28-76(75)100-104)55-119-50-62(107)52-121-82(109)34-30-57-40-66(90(4,5)6)86(113)78(44-57)102-95-71-23-15-16-24-72(71)96-102/h13-28,39-46,60-64,73,97,105-107,112-115H,29-38,47-55H2,1-12H3. The van der Waals surface area contributed by atoms with Crippen molar-refractivity contribution in [2.45, 2.75) is 199 Å². The minimum Gasteiger partial charge on any atom is -0.505 e. The van der Waals surface area contributed by atoms with E-state index < -0.39 is 89.3 Å². The van der Waals surface area contributed by atoms with E-state index >= 15 is 0 Å². The highest BCUT2D eigenvalue weighted by atomic mass is 16.6. The van der Waals surface area contributed by atoms with Gasteiger partial charge in [-0.15, -0.1) is 45.0 Å². The molecule has 0 fully saturated rings. The molecule has 8 N–H and O–H groups in total. The summed E-state index contributed by atoms with van der Waals surface area (Å²) in [6.07, 6.45) is 2.27. The van der Waals surface area contributed by atoms with Crippen LogP contribution >= 0.6 is 0 Å². The van der Waals surface area contributed by atoms with Gasteiger partial charge in [-0.05, 0) is 136 Å². The molecule has 2 aliphatic rings. The Labute approximate surface area is 713 Å². The molecule has 1 aliphatic carbocycles. The summed E-state index contributed by atoms with van der Waals surface area (Å²) in [6, 6.07) is 36.1. The highest BCUT2D eigenvalue weighted by molar-refractivity contribution is 6.04. The summed E-state index contributed by atoms with van der Waals surface area (Å²) in [5, 5.41) is 113. The molecule has 0 bridgehead atoms. The number of anilines is 1. The number of aliphatic hydroxyl groups excluding tert-OH is 3. The summed E-state index contributed by atoms with van der Waals surface area (Å²) in [5.74, 6) is -2.39. The summed E-state index contributed by atoms with van der Waals surface area (Å²) in [7, 11) is 0. The van der Waals surface area contributed by atoms with Gasteiger partial charge in [0, 0.05) is 54.4 Å². The molecule has 123 heavy (non-hydrogen) atoms. The van der Waals surface area contributed by atoms with Crippen molar-refractivity contribution in [2.24, 2.45) is 5.10 Å². The van der Waals surface area contributed by atoms with Crippen molar-refractivity contribution < 1.29 is 92.8 Å². The highest BCUT2D eigenvalue weighted by Crippen LogP contribution is 2.43. The summed E-state index contributed by atoms with van der Waals surface area (Å²) in [5.41, 5.74) is 12.6. The van der Waals surface area contributed by atoms with Crippen LogP contribution in [0.5, 0.6) is 23.0 Å². The molecule has 7 aromatic carbocycles.